The van der Waals surface area contributed by atoms with Crippen molar-refractivity contribution < 1.29 is 28.5 Å². The first-order valence-electron chi connectivity index (χ1n) is 8.32. The summed E-state index contributed by atoms with van der Waals surface area (Å²) in [4.78, 5) is 29.8. The van der Waals surface area contributed by atoms with Gasteiger partial charge in [0.25, 0.3) is 0 Å². The van der Waals surface area contributed by atoms with E-state index in [1.165, 1.54) is 33.2 Å². The maximum Gasteiger partial charge on any atom is 0.613 e. The van der Waals surface area contributed by atoms with Crippen LogP contribution in [0, 0.1) is 0 Å². The third-order valence-corrected chi connectivity index (χ3v) is 5.31. The molecule has 0 aliphatic carbocycles. The molecule has 4 N–H and O–H groups in total. The summed E-state index contributed by atoms with van der Waals surface area (Å²) in [6.45, 7) is 2.43. The van der Waals surface area contributed by atoms with Gasteiger partial charge < -0.3 is 20.3 Å². The van der Waals surface area contributed by atoms with Gasteiger partial charge in [-0.15, -0.1) is 4.52 Å². The number of nitrogen functional groups attached to an aromatic ring is 1. The Bertz CT molecular complexity index is 889. The molecule has 1 aromatic rings. The van der Waals surface area contributed by atoms with Crippen molar-refractivity contribution in [1.82, 2.24) is 14.6 Å². The number of nitrogens with two attached hydrogens (primary N) is 1. The summed E-state index contributed by atoms with van der Waals surface area (Å²) in [5.74, 6) is -0.654. The highest BCUT2D eigenvalue weighted by Crippen LogP contribution is 2.41. The molecule has 158 valence electrons. The summed E-state index contributed by atoms with van der Waals surface area (Å²) >= 11 is 0. The highest BCUT2D eigenvalue weighted by molar-refractivity contribution is 7.36. The van der Waals surface area contributed by atoms with Crippen LogP contribution < -0.4 is 16.5 Å². The van der Waals surface area contributed by atoms with Crippen LogP contribution in [0.1, 0.15) is 20.1 Å². The lowest BCUT2D eigenvalue weighted by Crippen LogP contribution is -2.44. The Morgan fingerprint density at radius 2 is 2.38 bits per heavy atom. The average molecular weight is 430 g/mol. The van der Waals surface area contributed by atoms with Crippen molar-refractivity contribution in [3.8, 4) is 0 Å². The molecule has 2 heterocycles. The van der Waals surface area contributed by atoms with E-state index in [1.807, 2.05) is 0 Å². The molecule has 29 heavy (non-hydrogen) atoms. The molecule has 1 unspecified atom stereocenters. The van der Waals surface area contributed by atoms with E-state index in [0.29, 0.717) is 0 Å². The number of nitrogens with one attached hydrogen (secondary N) is 1. The van der Waals surface area contributed by atoms with E-state index < -0.39 is 49.9 Å². The van der Waals surface area contributed by atoms with Crippen molar-refractivity contribution in [3.63, 3.8) is 0 Å². The van der Waals surface area contributed by atoms with Crippen LogP contribution in [0.5, 0.6) is 0 Å². The van der Waals surface area contributed by atoms with Gasteiger partial charge in [-0.25, -0.2) is 4.79 Å². The molecule has 0 spiro atoms. The Labute approximate surface area is 165 Å². The van der Waals surface area contributed by atoms with Crippen LogP contribution in [-0.4, -0.2) is 58.1 Å². The molecule has 2 rings (SSSR count). The Morgan fingerprint density at radius 3 is 2.97 bits per heavy atom. The second-order valence-electron chi connectivity index (χ2n) is 6.36. The summed E-state index contributed by atoms with van der Waals surface area (Å²) in [5.41, 5.74) is 12.0. The first-order chi connectivity index (χ1) is 13.6. The average Bonchev–Trinajstić information content (AvgIpc) is 2.90. The number of nitrogens with zero attached hydrogens (tertiary/aromatic N) is 5. The van der Waals surface area contributed by atoms with Crippen molar-refractivity contribution in [1.29, 1.82) is 0 Å². The van der Waals surface area contributed by atoms with Crippen LogP contribution in [0.3, 0.4) is 0 Å². The molecule has 0 saturated carbocycles. The number of hydrogen-bond donors (Lipinski definition) is 3. The van der Waals surface area contributed by atoms with Gasteiger partial charge >= 0.3 is 19.8 Å². The number of aromatic nitrogens is 2. The SMILES string of the molecule is COC(=O)[C@H](C)N[P+](=O)OC[C@H]1O[C@@H](n2ccc(N)nc2=O)[C@](C)(N=[N+]=[N-])[C@@H]1O. The van der Waals surface area contributed by atoms with Crippen molar-refractivity contribution >= 4 is 20.0 Å². The van der Waals surface area contributed by atoms with Crippen molar-refractivity contribution in [3.05, 3.63) is 33.2 Å². The van der Waals surface area contributed by atoms with Gasteiger partial charge in [-0.2, -0.15) is 4.98 Å². The number of aliphatic hydroxyl groups is 1. The third kappa shape index (κ3) is 4.88. The van der Waals surface area contributed by atoms with Crippen LogP contribution in [0.4, 0.5) is 5.82 Å². The molecule has 1 saturated heterocycles. The molecule has 1 aliphatic rings. The number of esters is 1. The zero-order valence-electron chi connectivity index (χ0n) is 15.8. The van der Waals surface area contributed by atoms with Gasteiger partial charge in [0.1, 0.15) is 30.1 Å². The van der Waals surface area contributed by atoms with Gasteiger partial charge in [0, 0.05) is 11.1 Å². The van der Waals surface area contributed by atoms with Gasteiger partial charge in [-0.1, -0.05) is 10.2 Å². The first-order valence-corrected chi connectivity index (χ1v) is 9.50. The highest BCUT2D eigenvalue weighted by atomic mass is 31.1. The topological polar surface area (TPSA) is 204 Å². The molecule has 0 bridgehead atoms. The number of anilines is 1. The minimum atomic E-state index is -2.50. The quantitative estimate of drug-likeness (QED) is 0.165. The third-order valence-electron chi connectivity index (χ3n) is 4.33. The van der Waals surface area contributed by atoms with Crippen molar-refractivity contribution in [2.75, 3.05) is 19.5 Å². The van der Waals surface area contributed by atoms with Gasteiger partial charge in [0.05, 0.1) is 13.2 Å². The Balaban J connectivity index is 2.17. The molecule has 1 aliphatic heterocycles. The van der Waals surface area contributed by atoms with Crippen molar-refractivity contribution in [2.45, 2.75) is 43.9 Å². The van der Waals surface area contributed by atoms with Crippen molar-refractivity contribution in [2.24, 2.45) is 5.11 Å². The smallest absolute Gasteiger partial charge is 0.468 e. The summed E-state index contributed by atoms with van der Waals surface area (Å²) < 4.78 is 28.3. The number of carbonyl (C=O) groups excluding carboxylic acids is 1. The molecule has 15 heteroatoms. The number of hydrogen-bond acceptors (Lipinski definition) is 10. The summed E-state index contributed by atoms with van der Waals surface area (Å²) in [6.07, 6.45) is -2.44. The summed E-state index contributed by atoms with van der Waals surface area (Å²) in [7, 11) is -1.32. The molecule has 0 aromatic carbocycles. The Kier molecular flexibility index (Phi) is 7.25. The molecule has 14 nitrogen and oxygen atoms in total. The van der Waals surface area contributed by atoms with E-state index in [9.17, 15) is 19.3 Å². The highest BCUT2D eigenvalue weighted by Gasteiger charge is 2.55. The molecular formula is C14H21N7O7P+. The lowest BCUT2D eigenvalue weighted by atomic mass is 9.93. The van der Waals surface area contributed by atoms with Gasteiger partial charge in [0.2, 0.25) is 0 Å². The maximum atomic E-state index is 12.2. The van der Waals surface area contributed by atoms with E-state index in [0.717, 1.165) is 4.57 Å². The molecule has 0 radical (unpaired) electrons. The normalized spacial score (nSPS) is 27.7. The monoisotopic (exact) mass is 430 g/mol. The standard InChI is InChI=1S/C14H20N7O7P/c1-7(11(23)26-3)18-29(25)27-6-8-10(22)14(2,19-20-16)12(28-8)21-5-4-9(15)17-13(21)24/h4-5,7-8,10,12,22H,6H2,1-3H3,(H2-,15,17,18,24,25)/p+1/t7-,8+,10+,12+,14+/m0/s1. The molecule has 1 aromatic heterocycles. The van der Waals surface area contributed by atoms with Gasteiger partial charge in [-0.05, 0) is 30.0 Å². The minimum absolute atomic E-state index is 0.0158. The molecule has 6 atom stereocenters. The van der Waals surface area contributed by atoms with Gasteiger partial charge in [0.15, 0.2) is 6.23 Å². The molecule has 0 amide bonds. The van der Waals surface area contributed by atoms with Crippen LogP contribution in [0.25, 0.3) is 10.4 Å². The van der Waals surface area contributed by atoms with Gasteiger partial charge in [-0.3, -0.25) is 9.36 Å². The number of carbonyl (C=O) groups is 1. The zero-order valence-corrected chi connectivity index (χ0v) is 16.7. The predicted molar refractivity (Wildman–Crippen MR) is 98.5 cm³/mol. The second-order valence-corrected chi connectivity index (χ2v) is 7.39. The minimum Gasteiger partial charge on any atom is -0.468 e. The van der Waals surface area contributed by atoms with Crippen LogP contribution in [0.15, 0.2) is 22.2 Å². The van der Waals surface area contributed by atoms with E-state index in [2.05, 4.69) is 24.8 Å². The fourth-order valence-electron chi connectivity index (χ4n) is 2.75. The molecule has 1 fully saturated rings. The number of rotatable bonds is 8. The van der Waals surface area contributed by atoms with E-state index >= 15 is 0 Å². The Morgan fingerprint density at radius 1 is 1.69 bits per heavy atom. The first kappa shape index (κ1) is 22.7. The number of azide groups is 1. The Hall–Kier alpha value is -2.60. The predicted octanol–water partition coefficient (Wildman–Crippen LogP) is -0.0221. The number of aliphatic hydroxyl groups excluding tert-OH is 1. The lowest BCUT2D eigenvalue weighted by Gasteiger charge is -2.27. The maximum absolute atomic E-state index is 12.2. The van der Waals surface area contributed by atoms with E-state index in [1.54, 1.807) is 0 Å². The van der Waals surface area contributed by atoms with E-state index in [4.69, 9.17) is 20.5 Å². The van der Waals surface area contributed by atoms with Crippen LogP contribution in [-0.2, 0) is 23.4 Å². The fourth-order valence-corrected chi connectivity index (χ4v) is 3.53. The van der Waals surface area contributed by atoms with Crippen LogP contribution in [0.2, 0.25) is 0 Å². The largest absolute Gasteiger partial charge is 0.613 e. The van der Waals surface area contributed by atoms with E-state index in [-0.39, 0.29) is 12.4 Å². The summed E-state index contributed by atoms with van der Waals surface area (Å²) in [5, 5.41) is 16.6. The fraction of sp³-hybridized carbons (Fsp3) is 0.643. The number of ether oxygens (including phenoxy) is 2. The van der Waals surface area contributed by atoms with Crippen LogP contribution >= 0.6 is 8.18 Å². The molecular weight excluding hydrogens is 409 g/mol. The zero-order chi connectivity index (χ0) is 21.8. The summed E-state index contributed by atoms with van der Waals surface area (Å²) in [6, 6.07) is 0.450. The second kappa shape index (κ2) is 9.27. The number of methoxy groups -OCH3 is 1. The lowest BCUT2D eigenvalue weighted by molar-refractivity contribution is -0.142.